The molecule has 318 valence electrons. The Morgan fingerprint density at radius 3 is 2.25 bits per heavy atom. The minimum absolute atomic E-state index is 0.0192. The number of oxime groups is 1. The van der Waals surface area contributed by atoms with E-state index >= 15 is 0 Å². The fourth-order valence-corrected chi connectivity index (χ4v) is 6.45. The Labute approximate surface area is 387 Å². The molecule has 2 heterocycles. The summed E-state index contributed by atoms with van der Waals surface area (Å²) in [7, 11) is -2.40. The van der Waals surface area contributed by atoms with Gasteiger partial charge in [0, 0.05) is 23.3 Å². The summed E-state index contributed by atoms with van der Waals surface area (Å²) in [6, 6.07) is 3.43. The van der Waals surface area contributed by atoms with E-state index in [0.717, 1.165) is 36.1 Å². The highest BCUT2D eigenvalue weighted by molar-refractivity contribution is 8.07. The van der Waals surface area contributed by atoms with Gasteiger partial charge in [0.25, 0.3) is 0 Å². The lowest BCUT2D eigenvalue weighted by atomic mass is 9.83. The number of carbonyl (C=O) groups is 1. The van der Waals surface area contributed by atoms with Crippen LogP contribution in [0.15, 0.2) is 28.9 Å². The number of rotatable bonds is 23. The van der Waals surface area contributed by atoms with Crippen molar-refractivity contribution in [3.63, 3.8) is 0 Å². The molecule has 15 nitrogen and oxygen atoms in total. The maximum Gasteiger partial charge on any atom is 0.247 e. The van der Waals surface area contributed by atoms with E-state index in [1.807, 2.05) is 0 Å². The molecule has 1 aliphatic carbocycles. The van der Waals surface area contributed by atoms with Crippen LogP contribution in [0.2, 0.25) is 20.5 Å². The van der Waals surface area contributed by atoms with Gasteiger partial charge in [-0.2, -0.15) is 0 Å². The van der Waals surface area contributed by atoms with Crippen LogP contribution in [-0.2, 0) is 32.2 Å². The second-order valence-electron chi connectivity index (χ2n) is 11.1. The van der Waals surface area contributed by atoms with E-state index in [-0.39, 0.29) is 66.1 Å². The molecular formula is C30H56B6N2O13S6. The molecule has 57 heavy (non-hydrogen) atoms. The predicted molar refractivity (Wildman–Crippen MR) is 255 cm³/mol. The van der Waals surface area contributed by atoms with E-state index in [2.05, 4.69) is 47.9 Å². The SMILES string of the molecule is [2H]B(C)S.[2H]B(C)S.[2H]B(C)S.[2H]B([3H])CSOc1cc(/C=C(\C)C(=O)NC2[C@@H](OSCB([2H])[3H])[C@@H]3OCO[C@@H]3[C@H](O[3H])[C@H]2O[3H])ccc1O[C@@H]1O[C@H](C(CO)=NOC)[C@@H](OSCB([2H])[3H])[C@@H]1O[3H]. The molecule has 1 aromatic rings. The number of amides is 1. The van der Waals surface area contributed by atoms with E-state index in [4.69, 9.17) is 68.0 Å². The zero-order valence-corrected chi connectivity index (χ0v) is 37.1. The summed E-state index contributed by atoms with van der Waals surface area (Å²) in [6.07, 6.45) is -8.50. The van der Waals surface area contributed by atoms with E-state index < -0.39 is 97.0 Å². The van der Waals surface area contributed by atoms with Crippen LogP contribution in [0.1, 0.15) is 12.5 Å². The normalized spacial score (nSPS) is 30.5. The number of nitrogens with one attached hydrogen (secondary N) is 1. The number of hydrogen-bond acceptors (Lipinski definition) is 20. The van der Waals surface area contributed by atoms with Crippen molar-refractivity contribution in [3.8, 4) is 11.5 Å². The van der Waals surface area contributed by atoms with Crippen molar-refractivity contribution >= 4 is 134 Å². The molecular weight excluding hydrogens is 854 g/mol. The third kappa shape index (κ3) is 17.5. The molecule has 27 heteroatoms. The molecule has 2 saturated heterocycles. The molecule has 2 aliphatic heterocycles. The van der Waals surface area contributed by atoms with Gasteiger partial charge in [-0.25, -0.2) is 37.4 Å². The standard InChI is InChI=1S/C27H41B3N2O13S3.3CH5BS/c1-12(26(37)31-17-18(34)19(35)23-25(40-11-39-23)22(17)44-47-9-29)5-13-3-4-15(16(6-13)43-46-8-28)41-27-20(36)24(45-48-10-30)21(42-27)14(7-33)32-38-2;3*1-2-3/h3-6,17-25,27,33-36H,7-11,28-30H2,1-2H3,(H,31,37);3*2-3H,1H3/b12-5+,32-14?;;;/t17?,18-,19+,20-,21+,22+,23+,24-,25-,27+;;;/m0.../s1/i28TD,29TD,30TD,34T,35T,36T;3*2D. The molecule has 0 bridgehead atoms. The minimum Gasteiger partial charge on any atom is -0.458 e. The molecule has 3 aliphatic rings. The van der Waals surface area contributed by atoms with Crippen molar-refractivity contribution in [1.82, 2.24) is 5.32 Å². The van der Waals surface area contributed by atoms with Crippen molar-refractivity contribution < 1.29 is 61.6 Å². The van der Waals surface area contributed by atoms with Crippen LogP contribution in [0.3, 0.4) is 0 Å². The van der Waals surface area contributed by atoms with Gasteiger partial charge in [-0.05, 0) is 78.1 Å². The fraction of sp³-hybridized carbons (Fsp3) is 0.667. The Hall–Kier alpha value is -0.370. The lowest BCUT2D eigenvalue weighted by Gasteiger charge is -2.43. The van der Waals surface area contributed by atoms with Gasteiger partial charge < -0.3 is 62.1 Å². The number of carbonyl (C=O) groups excluding carboxylic acids is 1. The molecule has 10 atom stereocenters. The maximum absolute atomic E-state index is 13.7. The smallest absolute Gasteiger partial charge is 0.247 e. The van der Waals surface area contributed by atoms with Crippen LogP contribution in [0.5, 0.6) is 11.5 Å². The van der Waals surface area contributed by atoms with Gasteiger partial charge in [-0.15, -0.1) is 0 Å². The van der Waals surface area contributed by atoms with Crippen molar-refractivity contribution in [2.24, 2.45) is 5.16 Å². The van der Waals surface area contributed by atoms with Gasteiger partial charge in [0.2, 0.25) is 16.5 Å². The predicted octanol–water partition coefficient (Wildman–Crippen LogP) is -1.68. The minimum atomic E-state index is -1.37. The summed E-state index contributed by atoms with van der Waals surface area (Å²) in [4.78, 5) is 18.5. The number of fused-ring (bicyclic) bond motifs is 1. The van der Waals surface area contributed by atoms with Crippen LogP contribution in [0, 0.1) is 0 Å². The van der Waals surface area contributed by atoms with Crippen LogP contribution < -0.4 is 14.2 Å². The second kappa shape index (κ2) is 31.5. The van der Waals surface area contributed by atoms with Gasteiger partial charge in [0.1, 0.15) is 91.8 Å². The van der Waals surface area contributed by atoms with E-state index in [9.17, 15) is 9.90 Å². The molecule has 3 fully saturated rings. The first-order valence-corrected chi connectivity index (χ1v) is 21.3. The molecule has 4 rings (SSSR count). The van der Waals surface area contributed by atoms with Crippen molar-refractivity contribution in [1.29, 1.82) is 16.3 Å². The van der Waals surface area contributed by atoms with Crippen LogP contribution in [-0.4, -0.2) is 190 Å². The van der Waals surface area contributed by atoms with E-state index in [1.54, 1.807) is 26.5 Å². The molecule has 5 N–H and O–H groups in total. The Balaban J connectivity index is 0.00000177. The molecule has 0 radical (unpaired) electrons. The summed E-state index contributed by atoms with van der Waals surface area (Å²) in [5, 5.41) is 31.3. The molecule has 0 aromatic heterocycles. The molecule has 0 spiro atoms. The van der Waals surface area contributed by atoms with Gasteiger partial charge >= 0.3 is 0 Å². The fourth-order valence-electron chi connectivity index (χ4n) is 5.21. The zero-order chi connectivity index (χ0) is 52.4. The first-order valence-electron chi connectivity index (χ1n) is 23.4. The maximum atomic E-state index is 13.7. The van der Waals surface area contributed by atoms with Gasteiger partial charge in [0.15, 0.2) is 31.1 Å². The van der Waals surface area contributed by atoms with Crippen molar-refractivity contribution in [3.05, 3.63) is 29.3 Å². The first-order chi connectivity index (χ1) is 32.6. The van der Waals surface area contributed by atoms with Crippen LogP contribution in [0.4, 0.5) is 0 Å². The van der Waals surface area contributed by atoms with Crippen LogP contribution >= 0.6 is 73.6 Å². The molecule has 1 aromatic carbocycles. The van der Waals surface area contributed by atoms with E-state index in [1.165, 1.54) is 32.2 Å². The van der Waals surface area contributed by atoms with Crippen molar-refractivity contribution in [2.75, 3.05) is 37.5 Å². The Morgan fingerprint density at radius 1 is 1.04 bits per heavy atom. The Bertz CT molecular complexity index is 1650. The number of thiol groups is 3. The summed E-state index contributed by atoms with van der Waals surface area (Å²) >= 11 is 13.3. The third-order valence-electron chi connectivity index (χ3n) is 7.36. The summed E-state index contributed by atoms with van der Waals surface area (Å²) < 4.78 is 128. The topological polar surface area (TPSA) is 196 Å². The van der Waals surface area contributed by atoms with Gasteiger partial charge in [-0.3, -0.25) is 4.79 Å². The summed E-state index contributed by atoms with van der Waals surface area (Å²) in [6.45, 7) is 5.15. The Morgan fingerprint density at radius 2 is 1.65 bits per heavy atom. The Kier molecular flexibility index (Phi) is 20.5. The molecule has 1 unspecified atom stereocenters. The number of benzene rings is 1. The van der Waals surface area contributed by atoms with Crippen molar-refractivity contribution in [2.45, 2.75) is 88.6 Å². The summed E-state index contributed by atoms with van der Waals surface area (Å²) in [5.41, 5.74) is 0.410. The lowest BCUT2D eigenvalue weighted by molar-refractivity contribution is -0.147. The molecule has 1 amide bonds. The summed E-state index contributed by atoms with van der Waals surface area (Å²) in [5.74, 6) is -0.522. The lowest BCUT2D eigenvalue weighted by Crippen LogP contribution is -2.67. The third-order valence-corrected chi connectivity index (χ3v) is 8.78. The number of aliphatic hydroxyl groups is 4. The molecule has 1 saturated carbocycles. The highest BCUT2D eigenvalue weighted by Crippen LogP contribution is 2.37. The monoisotopic (exact) mass is 928 g/mol. The largest absolute Gasteiger partial charge is 0.458 e. The van der Waals surface area contributed by atoms with E-state index in [0.29, 0.717) is 5.56 Å². The average molecular weight is 928 g/mol. The number of hydrogen-bond donors (Lipinski definition) is 8. The number of ether oxygens (including phenoxy) is 4. The highest BCUT2D eigenvalue weighted by atomic mass is 32.2. The first kappa shape index (κ1) is 37.2. The van der Waals surface area contributed by atoms with Gasteiger partial charge in [-0.1, -0.05) is 31.7 Å². The zero-order valence-electron chi connectivity index (χ0n) is 43.9. The highest BCUT2D eigenvalue weighted by Gasteiger charge is 2.55. The number of nitrogens with zero attached hydrogens (tertiary/aromatic N) is 1. The average Bonchev–Trinajstić information content (AvgIpc) is 3.87. The quantitative estimate of drug-likeness (QED) is 0.0155. The second-order valence-corrected chi connectivity index (χ2v) is 14.9. The van der Waals surface area contributed by atoms with Crippen LogP contribution in [0.25, 0.3) is 6.08 Å². The number of aliphatic hydroxyl groups excluding tert-OH is 4. The van der Waals surface area contributed by atoms with Gasteiger partial charge in [0.05, 0.1) is 12.6 Å².